The minimum atomic E-state index is -2.20. The van der Waals surface area contributed by atoms with Crippen LogP contribution in [0.25, 0.3) is 0 Å². The summed E-state index contributed by atoms with van der Waals surface area (Å²) >= 11 is 0. The summed E-state index contributed by atoms with van der Waals surface area (Å²) in [4.78, 5) is 40.4. The van der Waals surface area contributed by atoms with E-state index in [-0.39, 0.29) is 25.8 Å². The van der Waals surface area contributed by atoms with Crippen LogP contribution in [0.1, 0.15) is 0 Å². The molecule has 316 valence electrons. The fourth-order valence-corrected chi connectivity index (χ4v) is 2.67. The van der Waals surface area contributed by atoms with Crippen molar-refractivity contribution in [2.45, 2.75) is 97.7 Å². The first-order valence-corrected chi connectivity index (χ1v) is 13.9. The van der Waals surface area contributed by atoms with Gasteiger partial charge in [0.1, 0.15) is 73.2 Å². The molecule has 24 N–H and O–H groups in total. The summed E-state index contributed by atoms with van der Waals surface area (Å²) in [6.07, 6.45) is -31.3. The Labute approximate surface area is 315 Å². The van der Waals surface area contributed by atoms with E-state index in [4.69, 9.17) is 123 Å². The van der Waals surface area contributed by atoms with Gasteiger partial charge in [-0.15, -0.1) is 0 Å². The molecule has 28 nitrogen and oxygen atoms in total. The van der Waals surface area contributed by atoms with Gasteiger partial charge in [0.2, 0.25) is 0 Å². The number of aliphatic carboxylic acids is 4. The van der Waals surface area contributed by atoms with Crippen LogP contribution in [-0.2, 0) is 45.0 Å². The van der Waals surface area contributed by atoms with E-state index in [9.17, 15) is 19.2 Å². The first-order chi connectivity index (χ1) is 23.7. The fourth-order valence-electron chi connectivity index (χ4n) is 2.67. The van der Waals surface area contributed by atoms with Crippen LogP contribution in [0.4, 0.5) is 0 Å². The monoisotopic (exact) mass is 964 g/mol. The Balaban J connectivity index is -0.000000192. The van der Waals surface area contributed by atoms with Crippen LogP contribution in [0.3, 0.4) is 0 Å². The number of rotatable bonds is 20. The zero-order chi connectivity index (χ0) is 42.4. The smallest absolute Gasteiger partial charge is 0.335 e. The maximum Gasteiger partial charge on any atom is 0.335 e. The number of aliphatic hydroxyl groups is 20. The normalized spacial score (nSPS) is 20.0. The van der Waals surface area contributed by atoms with Gasteiger partial charge >= 0.3 is 23.9 Å². The summed E-state index contributed by atoms with van der Waals surface area (Å²) in [6.45, 7) is -3.37. The van der Waals surface area contributed by atoms with Gasteiger partial charge in [-0.1, -0.05) is 0 Å². The van der Waals surface area contributed by atoms with Crippen molar-refractivity contribution >= 4 is 23.9 Å². The molecule has 0 heterocycles. The van der Waals surface area contributed by atoms with Crippen LogP contribution in [0.2, 0.25) is 0 Å². The van der Waals surface area contributed by atoms with Crippen LogP contribution < -0.4 is 0 Å². The minimum absolute atomic E-state index is 0. The molecule has 0 bridgehead atoms. The van der Waals surface area contributed by atoms with Crippen LogP contribution in [0, 0.1) is 0 Å². The zero-order valence-electron chi connectivity index (χ0n) is 26.9. The molecule has 0 amide bonds. The largest absolute Gasteiger partial charge is 0.479 e. The van der Waals surface area contributed by atoms with Gasteiger partial charge in [-0.3, -0.25) is 0 Å². The standard InChI is InChI=1S/4C6H12O7.Hf/c4*7-1-2(8)3(9)4(10)5(11)6(12)13;/h4*2-5,7-11H,1H2,(H,12,13);/t4*2-,3-,4+,5-;/m1111./s1. The zero-order valence-corrected chi connectivity index (χ0v) is 30.5. The van der Waals surface area contributed by atoms with E-state index in [1.54, 1.807) is 0 Å². The van der Waals surface area contributed by atoms with Crippen LogP contribution in [-0.4, -0.2) is 271 Å². The van der Waals surface area contributed by atoms with Crippen molar-refractivity contribution in [2.75, 3.05) is 26.4 Å². The topological polar surface area (TPSA) is 554 Å². The second-order valence-corrected chi connectivity index (χ2v) is 10.1. The van der Waals surface area contributed by atoms with Gasteiger partial charge in [0.15, 0.2) is 24.4 Å². The van der Waals surface area contributed by atoms with Crippen molar-refractivity contribution < 1.29 is 168 Å². The van der Waals surface area contributed by atoms with Crippen molar-refractivity contribution in [2.24, 2.45) is 0 Å². The Kier molecular flexibility index (Phi) is 35.4. The molecule has 0 unspecified atom stereocenters. The summed E-state index contributed by atoms with van der Waals surface area (Å²) in [5.74, 6) is -6.90. The predicted molar refractivity (Wildman–Crippen MR) is 155 cm³/mol. The van der Waals surface area contributed by atoms with E-state index in [0.29, 0.717) is 0 Å². The van der Waals surface area contributed by atoms with E-state index >= 15 is 0 Å². The Bertz CT molecular complexity index is 841. The molecule has 0 aliphatic heterocycles. The van der Waals surface area contributed by atoms with Gasteiger partial charge in [0.05, 0.1) is 26.4 Å². The van der Waals surface area contributed by atoms with Gasteiger partial charge < -0.3 is 123 Å². The third kappa shape index (κ3) is 23.5. The molecule has 0 aromatic rings. The summed E-state index contributed by atoms with van der Waals surface area (Å²) in [5.41, 5.74) is 0. The molecule has 0 radical (unpaired) electrons. The quantitative estimate of drug-likeness (QED) is 0.0504. The minimum Gasteiger partial charge on any atom is -0.479 e. The van der Waals surface area contributed by atoms with Gasteiger partial charge in [0.25, 0.3) is 0 Å². The summed E-state index contributed by atoms with van der Waals surface area (Å²) in [7, 11) is 0. The number of hydrogen-bond acceptors (Lipinski definition) is 24. The molecule has 29 heteroatoms. The Morgan fingerprint density at radius 1 is 0.283 bits per heavy atom. The Hall–Kier alpha value is -2.05. The molecule has 0 saturated carbocycles. The molecular weight excluding hydrogens is 915 g/mol. The molecule has 0 aliphatic rings. The SMILES string of the molecule is O=C(O)[C@H](O)[C@@H](O)[C@H](O)[C@H](O)CO.O=C(O)[C@H](O)[C@@H](O)[C@H](O)[C@H](O)CO.O=C(O)[C@H](O)[C@@H](O)[C@H](O)[C@H](O)CO.O=C(O)[C@H](O)[C@@H](O)[C@H](O)[C@H](O)CO.[Hf]. The van der Waals surface area contributed by atoms with Crippen LogP contribution in [0.5, 0.6) is 0 Å². The van der Waals surface area contributed by atoms with Gasteiger partial charge in [-0.25, -0.2) is 19.2 Å². The third-order valence-electron chi connectivity index (χ3n) is 6.03. The molecular formula is C24H48HfO28. The number of aliphatic hydroxyl groups excluding tert-OH is 20. The van der Waals surface area contributed by atoms with Crippen LogP contribution in [0.15, 0.2) is 0 Å². The third-order valence-corrected chi connectivity index (χ3v) is 6.03. The number of carboxylic acids is 4. The van der Waals surface area contributed by atoms with Crippen molar-refractivity contribution in [1.29, 1.82) is 0 Å². The van der Waals surface area contributed by atoms with E-state index in [1.165, 1.54) is 0 Å². The van der Waals surface area contributed by atoms with Gasteiger partial charge in [0, 0.05) is 25.8 Å². The van der Waals surface area contributed by atoms with Crippen molar-refractivity contribution in [3.8, 4) is 0 Å². The second kappa shape index (κ2) is 31.2. The molecule has 53 heavy (non-hydrogen) atoms. The molecule has 0 aliphatic carbocycles. The average molecular weight is 963 g/mol. The van der Waals surface area contributed by atoms with Crippen LogP contribution >= 0.6 is 0 Å². The number of carbonyl (C=O) groups is 4. The van der Waals surface area contributed by atoms with Crippen molar-refractivity contribution in [3.63, 3.8) is 0 Å². The van der Waals surface area contributed by atoms with Gasteiger partial charge in [-0.05, 0) is 0 Å². The van der Waals surface area contributed by atoms with Gasteiger partial charge in [-0.2, -0.15) is 0 Å². The summed E-state index contributed by atoms with van der Waals surface area (Å²) in [5, 5.41) is 207. The molecule has 16 atom stereocenters. The van der Waals surface area contributed by atoms with Crippen molar-refractivity contribution in [3.05, 3.63) is 0 Å². The van der Waals surface area contributed by atoms with E-state index in [1.807, 2.05) is 0 Å². The molecule has 0 aromatic carbocycles. The second-order valence-electron chi connectivity index (χ2n) is 10.1. The molecule has 0 aromatic heterocycles. The average Bonchev–Trinajstić information content (AvgIpc) is 3.12. The Morgan fingerprint density at radius 2 is 0.396 bits per heavy atom. The van der Waals surface area contributed by atoms with E-state index < -0.39 is 148 Å². The first-order valence-electron chi connectivity index (χ1n) is 13.9. The number of carboxylic acid groups (broad SMARTS) is 4. The van der Waals surface area contributed by atoms with E-state index in [2.05, 4.69) is 0 Å². The first kappa shape index (κ1) is 60.2. The molecule has 0 rings (SSSR count). The molecule has 0 spiro atoms. The fraction of sp³-hybridized carbons (Fsp3) is 0.833. The maximum absolute atomic E-state index is 10.1. The molecule has 0 saturated heterocycles. The number of hydrogen-bond donors (Lipinski definition) is 24. The summed E-state index contributed by atoms with van der Waals surface area (Å²) in [6, 6.07) is 0. The maximum atomic E-state index is 10.1. The van der Waals surface area contributed by atoms with E-state index in [0.717, 1.165) is 0 Å². The molecule has 0 fully saturated rings. The van der Waals surface area contributed by atoms with Crippen molar-refractivity contribution in [1.82, 2.24) is 0 Å². The summed E-state index contributed by atoms with van der Waals surface area (Å²) < 4.78 is 0. The predicted octanol–water partition coefficient (Wildman–Crippen LogP) is -14.0. The Morgan fingerprint density at radius 3 is 0.472 bits per heavy atom.